The second kappa shape index (κ2) is 6.04. The van der Waals surface area contributed by atoms with Crippen LogP contribution < -0.4 is 5.73 Å². The largest absolute Gasteiger partial charge is 0.330 e. The lowest BCUT2D eigenvalue weighted by Gasteiger charge is -2.04. The molecule has 0 aliphatic rings. The van der Waals surface area contributed by atoms with E-state index in [9.17, 15) is 4.39 Å². The minimum Gasteiger partial charge on any atom is -0.330 e. The molecule has 0 fully saturated rings. The molecule has 0 heterocycles. The van der Waals surface area contributed by atoms with Crippen molar-refractivity contribution in [2.45, 2.75) is 24.7 Å². The van der Waals surface area contributed by atoms with E-state index in [0.29, 0.717) is 6.54 Å². The Balaban J connectivity index is 2.68. The smallest absolute Gasteiger partial charge is 0.137 e. The molecule has 0 saturated heterocycles. The second-order valence-corrected chi connectivity index (χ2v) is 4.29. The standard InChI is InChI=1S/C11H16FNS/c1-2-7-14-11-4-3-9(5-6-13)8-10(11)12/h3-4,8H,2,5-7,13H2,1H3. The number of hydrogen-bond acceptors (Lipinski definition) is 2. The molecular weight excluding hydrogens is 197 g/mol. The lowest BCUT2D eigenvalue weighted by Crippen LogP contribution is -2.02. The predicted molar refractivity (Wildman–Crippen MR) is 60.2 cm³/mol. The zero-order valence-corrected chi connectivity index (χ0v) is 9.24. The molecule has 0 atom stereocenters. The molecule has 0 unspecified atom stereocenters. The first kappa shape index (κ1) is 11.5. The molecule has 2 N–H and O–H groups in total. The molecule has 0 amide bonds. The molecule has 0 spiro atoms. The molecule has 0 saturated carbocycles. The number of halogens is 1. The van der Waals surface area contributed by atoms with E-state index in [1.165, 1.54) is 0 Å². The van der Waals surface area contributed by atoms with E-state index in [1.807, 2.05) is 12.1 Å². The zero-order chi connectivity index (χ0) is 10.4. The average molecular weight is 213 g/mol. The Morgan fingerprint density at radius 3 is 2.79 bits per heavy atom. The van der Waals surface area contributed by atoms with E-state index in [1.54, 1.807) is 17.8 Å². The van der Waals surface area contributed by atoms with E-state index >= 15 is 0 Å². The van der Waals surface area contributed by atoms with Crippen LogP contribution in [0.3, 0.4) is 0 Å². The van der Waals surface area contributed by atoms with Gasteiger partial charge in [-0.25, -0.2) is 4.39 Å². The van der Waals surface area contributed by atoms with Gasteiger partial charge in [0, 0.05) is 4.90 Å². The first-order chi connectivity index (χ1) is 6.77. The van der Waals surface area contributed by atoms with Crippen LogP contribution in [0, 0.1) is 5.82 Å². The van der Waals surface area contributed by atoms with Gasteiger partial charge in [0.1, 0.15) is 5.82 Å². The Bertz CT molecular complexity index is 289. The maximum Gasteiger partial charge on any atom is 0.137 e. The first-order valence-electron chi connectivity index (χ1n) is 4.89. The van der Waals surface area contributed by atoms with E-state index in [-0.39, 0.29) is 5.82 Å². The van der Waals surface area contributed by atoms with E-state index < -0.39 is 0 Å². The average Bonchev–Trinajstić information content (AvgIpc) is 2.17. The summed E-state index contributed by atoms with van der Waals surface area (Å²) in [7, 11) is 0. The van der Waals surface area contributed by atoms with Crippen molar-refractivity contribution in [3.63, 3.8) is 0 Å². The molecular formula is C11H16FNS. The van der Waals surface area contributed by atoms with Crippen molar-refractivity contribution in [3.8, 4) is 0 Å². The Morgan fingerprint density at radius 1 is 1.43 bits per heavy atom. The summed E-state index contributed by atoms with van der Waals surface area (Å²) in [5.41, 5.74) is 6.38. The Hall–Kier alpha value is -0.540. The molecule has 0 aliphatic carbocycles. The molecule has 3 heteroatoms. The van der Waals surface area contributed by atoms with Crippen molar-refractivity contribution in [1.29, 1.82) is 0 Å². The van der Waals surface area contributed by atoms with Crippen LogP contribution in [-0.2, 0) is 6.42 Å². The van der Waals surface area contributed by atoms with Gasteiger partial charge in [0.15, 0.2) is 0 Å². The van der Waals surface area contributed by atoms with Gasteiger partial charge in [-0.15, -0.1) is 11.8 Å². The third-order valence-electron chi connectivity index (χ3n) is 1.89. The minimum atomic E-state index is -0.116. The fourth-order valence-corrected chi connectivity index (χ4v) is 1.98. The van der Waals surface area contributed by atoms with Gasteiger partial charge in [-0.2, -0.15) is 0 Å². The van der Waals surface area contributed by atoms with Crippen molar-refractivity contribution < 1.29 is 4.39 Å². The SMILES string of the molecule is CCCSc1ccc(CCN)cc1F. The van der Waals surface area contributed by atoms with Crippen molar-refractivity contribution in [1.82, 2.24) is 0 Å². The molecule has 1 aromatic carbocycles. The number of hydrogen-bond donors (Lipinski definition) is 1. The Labute approximate surface area is 88.9 Å². The van der Waals surface area contributed by atoms with Gasteiger partial charge in [-0.3, -0.25) is 0 Å². The van der Waals surface area contributed by atoms with Crippen LogP contribution >= 0.6 is 11.8 Å². The number of nitrogens with two attached hydrogens (primary N) is 1. The third kappa shape index (κ3) is 3.31. The van der Waals surface area contributed by atoms with Gasteiger partial charge < -0.3 is 5.73 Å². The number of rotatable bonds is 5. The second-order valence-electron chi connectivity index (χ2n) is 3.15. The lowest BCUT2D eigenvalue weighted by atomic mass is 10.1. The van der Waals surface area contributed by atoms with Crippen LogP contribution in [0.2, 0.25) is 0 Å². The van der Waals surface area contributed by atoms with E-state index in [4.69, 9.17) is 5.73 Å². The van der Waals surface area contributed by atoms with Crippen molar-refractivity contribution in [2.75, 3.05) is 12.3 Å². The molecule has 1 aromatic rings. The van der Waals surface area contributed by atoms with Gasteiger partial charge in [0.25, 0.3) is 0 Å². The zero-order valence-electron chi connectivity index (χ0n) is 8.42. The molecule has 0 aliphatic heterocycles. The molecule has 78 valence electrons. The highest BCUT2D eigenvalue weighted by Gasteiger charge is 2.03. The quantitative estimate of drug-likeness (QED) is 0.761. The molecule has 0 radical (unpaired) electrons. The Morgan fingerprint density at radius 2 is 2.21 bits per heavy atom. The monoisotopic (exact) mass is 213 g/mol. The molecule has 0 aromatic heterocycles. The van der Waals surface area contributed by atoms with Crippen LogP contribution in [0.25, 0.3) is 0 Å². The van der Waals surface area contributed by atoms with Crippen LogP contribution in [0.5, 0.6) is 0 Å². The highest BCUT2D eigenvalue weighted by Crippen LogP contribution is 2.23. The Kier molecular flexibility index (Phi) is 4.98. The highest BCUT2D eigenvalue weighted by atomic mass is 32.2. The van der Waals surface area contributed by atoms with E-state index in [2.05, 4.69) is 6.92 Å². The van der Waals surface area contributed by atoms with Crippen molar-refractivity contribution in [2.24, 2.45) is 5.73 Å². The summed E-state index contributed by atoms with van der Waals surface area (Å²) in [5.74, 6) is 0.849. The highest BCUT2D eigenvalue weighted by molar-refractivity contribution is 7.99. The maximum absolute atomic E-state index is 13.4. The van der Waals surface area contributed by atoms with Crippen LogP contribution in [-0.4, -0.2) is 12.3 Å². The number of benzene rings is 1. The first-order valence-corrected chi connectivity index (χ1v) is 5.87. The maximum atomic E-state index is 13.4. The topological polar surface area (TPSA) is 26.0 Å². The van der Waals surface area contributed by atoms with Crippen LogP contribution in [0.1, 0.15) is 18.9 Å². The van der Waals surface area contributed by atoms with Crippen LogP contribution in [0.15, 0.2) is 23.1 Å². The fourth-order valence-electron chi connectivity index (χ4n) is 1.20. The fraction of sp³-hybridized carbons (Fsp3) is 0.455. The summed E-state index contributed by atoms with van der Waals surface area (Å²) < 4.78 is 13.4. The van der Waals surface area contributed by atoms with Crippen molar-refractivity contribution >= 4 is 11.8 Å². The van der Waals surface area contributed by atoms with Gasteiger partial charge in [-0.05, 0) is 42.8 Å². The van der Waals surface area contributed by atoms with Gasteiger partial charge >= 0.3 is 0 Å². The predicted octanol–water partition coefficient (Wildman–Crippen LogP) is 2.83. The molecule has 1 rings (SSSR count). The third-order valence-corrected chi connectivity index (χ3v) is 3.15. The normalized spacial score (nSPS) is 10.5. The lowest BCUT2D eigenvalue weighted by molar-refractivity contribution is 0.599. The van der Waals surface area contributed by atoms with Crippen LogP contribution in [0.4, 0.5) is 4.39 Å². The minimum absolute atomic E-state index is 0.116. The summed E-state index contributed by atoms with van der Waals surface area (Å²) in [5, 5.41) is 0. The van der Waals surface area contributed by atoms with Gasteiger partial charge in [0.05, 0.1) is 0 Å². The number of thioether (sulfide) groups is 1. The van der Waals surface area contributed by atoms with Gasteiger partial charge in [0.2, 0.25) is 0 Å². The summed E-state index contributed by atoms with van der Waals surface area (Å²) in [4.78, 5) is 0.743. The van der Waals surface area contributed by atoms with Crippen molar-refractivity contribution in [3.05, 3.63) is 29.6 Å². The molecule has 14 heavy (non-hydrogen) atoms. The summed E-state index contributed by atoms with van der Waals surface area (Å²) >= 11 is 1.57. The van der Waals surface area contributed by atoms with Gasteiger partial charge in [-0.1, -0.05) is 13.0 Å². The summed E-state index contributed by atoms with van der Waals surface area (Å²) in [6.07, 6.45) is 1.81. The molecule has 0 bridgehead atoms. The van der Waals surface area contributed by atoms with E-state index in [0.717, 1.165) is 29.1 Å². The molecule has 1 nitrogen and oxygen atoms in total. The summed E-state index contributed by atoms with van der Waals surface area (Å²) in [6, 6.07) is 5.39. The summed E-state index contributed by atoms with van der Waals surface area (Å²) in [6.45, 7) is 2.66.